The Kier molecular flexibility index (Phi) is 8.56. The van der Waals surface area contributed by atoms with Gasteiger partial charge in [0.1, 0.15) is 17.2 Å². The monoisotopic (exact) mass is 463 g/mol. The van der Waals surface area contributed by atoms with Crippen LogP contribution in [0.4, 0.5) is 5.69 Å². The molecule has 0 saturated heterocycles. The lowest BCUT2D eigenvalue weighted by Gasteiger charge is -2.11. The van der Waals surface area contributed by atoms with E-state index in [1.165, 1.54) is 30.5 Å². The summed E-state index contributed by atoms with van der Waals surface area (Å²) in [5, 5.41) is 16.4. The first kappa shape index (κ1) is 24.2. The number of non-ortho nitro benzene ring substituents is 1. The minimum atomic E-state index is -0.573. The SMILES string of the molecule is CCCCOc1ccc(C(=O)N/C(=C/c2cccc([N+](=O)[O-])c2)C(=O)NCc2ccco2)cc1. The van der Waals surface area contributed by atoms with Crippen molar-refractivity contribution >= 4 is 23.6 Å². The smallest absolute Gasteiger partial charge is 0.270 e. The predicted molar refractivity (Wildman–Crippen MR) is 126 cm³/mol. The van der Waals surface area contributed by atoms with E-state index < -0.39 is 16.7 Å². The van der Waals surface area contributed by atoms with Crippen molar-refractivity contribution in [2.75, 3.05) is 6.61 Å². The molecule has 0 aliphatic rings. The number of carbonyl (C=O) groups excluding carboxylic acids is 2. The first-order valence-corrected chi connectivity index (χ1v) is 10.8. The summed E-state index contributed by atoms with van der Waals surface area (Å²) in [6.07, 6.45) is 4.81. The zero-order chi connectivity index (χ0) is 24.3. The molecule has 0 spiro atoms. The first-order valence-electron chi connectivity index (χ1n) is 10.8. The fourth-order valence-electron chi connectivity index (χ4n) is 2.96. The summed E-state index contributed by atoms with van der Waals surface area (Å²) in [6, 6.07) is 15.7. The second kappa shape index (κ2) is 12.0. The van der Waals surface area contributed by atoms with E-state index in [-0.39, 0.29) is 17.9 Å². The minimum absolute atomic E-state index is 0.0691. The molecule has 0 unspecified atom stereocenters. The summed E-state index contributed by atoms with van der Waals surface area (Å²) in [6.45, 7) is 2.77. The number of amides is 2. The lowest BCUT2D eigenvalue weighted by atomic mass is 10.1. The Labute approximate surface area is 196 Å². The van der Waals surface area contributed by atoms with Crippen molar-refractivity contribution < 1.29 is 23.7 Å². The van der Waals surface area contributed by atoms with Crippen molar-refractivity contribution in [1.82, 2.24) is 10.6 Å². The molecule has 9 nitrogen and oxygen atoms in total. The van der Waals surface area contributed by atoms with Crippen LogP contribution in [0, 0.1) is 10.1 Å². The fraction of sp³-hybridized carbons (Fsp3) is 0.200. The lowest BCUT2D eigenvalue weighted by molar-refractivity contribution is -0.384. The van der Waals surface area contributed by atoms with E-state index in [2.05, 4.69) is 17.6 Å². The molecule has 3 rings (SSSR count). The Bertz CT molecular complexity index is 1150. The molecule has 3 aromatic rings. The van der Waals surface area contributed by atoms with Gasteiger partial charge in [-0.15, -0.1) is 0 Å². The molecule has 1 aromatic heterocycles. The van der Waals surface area contributed by atoms with Gasteiger partial charge in [-0.1, -0.05) is 25.5 Å². The van der Waals surface area contributed by atoms with Crippen molar-refractivity contribution in [1.29, 1.82) is 0 Å². The van der Waals surface area contributed by atoms with E-state index in [1.807, 2.05) is 0 Å². The van der Waals surface area contributed by atoms with E-state index in [4.69, 9.17) is 9.15 Å². The number of nitro groups is 1. The second-order valence-electron chi connectivity index (χ2n) is 7.35. The summed E-state index contributed by atoms with van der Waals surface area (Å²) in [5.74, 6) is 0.0994. The molecule has 0 aliphatic carbocycles. The van der Waals surface area contributed by atoms with Gasteiger partial charge in [-0.3, -0.25) is 19.7 Å². The molecule has 0 bridgehead atoms. The molecule has 176 valence electrons. The lowest BCUT2D eigenvalue weighted by Crippen LogP contribution is -2.34. The minimum Gasteiger partial charge on any atom is -0.494 e. The normalized spacial score (nSPS) is 11.0. The van der Waals surface area contributed by atoms with Gasteiger partial charge in [0.15, 0.2) is 0 Å². The molecule has 2 amide bonds. The third-order valence-corrected chi connectivity index (χ3v) is 4.77. The Balaban J connectivity index is 1.78. The maximum Gasteiger partial charge on any atom is 0.270 e. The second-order valence-corrected chi connectivity index (χ2v) is 7.35. The van der Waals surface area contributed by atoms with Gasteiger partial charge in [0, 0.05) is 17.7 Å². The summed E-state index contributed by atoms with van der Waals surface area (Å²) >= 11 is 0. The van der Waals surface area contributed by atoms with Crippen LogP contribution >= 0.6 is 0 Å². The number of nitro benzene ring substituents is 1. The molecule has 2 N–H and O–H groups in total. The number of nitrogens with one attached hydrogen (secondary N) is 2. The number of hydrogen-bond acceptors (Lipinski definition) is 6. The van der Waals surface area contributed by atoms with Gasteiger partial charge in [0.05, 0.1) is 24.3 Å². The molecule has 0 atom stereocenters. The van der Waals surface area contributed by atoms with Crippen molar-refractivity contribution in [3.05, 3.63) is 99.6 Å². The number of benzene rings is 2. The summed E-state index contributed by atoms with van der Waals surface area (Å²) < 4.78 is 10.8. The van der Waals surface area contributed by atoms with Crippen LogP contribution < -0.4 is 15.4 Å². The third-order valence-electron chi connectivity index (χ3n) is 4.77. The highest BCUT2D eigenvalue weighted by molar-refractivity contribution is 6.05. The van der Waals surface area contributed by atoms with E-state index in [9.17, 15) is 19.7 Å². The number of ether oxygens (including phenoxy) is 1. The van der Waals surface area contributed by atoms with Gasteiger partial charge in [-0.05, 0) is 54.5 Å². The third kappa shape index (κ3) is 7.06. The quantitative estimate of drug-likeness (QED) is 0.187. The molecule has 9 heteroatoms. The van der Waals surface area contributed by atoms with Crippen LogP contribution in [0.2, 0.25) is 0 Å². The highest BCUT2D eigenvalue weighted by Crippen LogP contribution is 2.17. The maximum atomic E-state index is 12.8. The highest BCUT2D eigenvalue weighted by Gasteiger charge is 2.16. The first-order chi connectivity index (χ1) is 16.5. The van der Waals surface area contributed by atoms with Crippen molar-refractivity contribution in [3.63, 3.8) is 0 Å². The van der Waals surface area contributed by atoms with Crippen LogP contribution in [0.25, 0.3) is 6.08 Å². The number of rotatable bonds is 11. The maximum absolute atomic E-state index is 12.8. The summed E-state index contributed by atoms with van der Waals surface area (Å²) in [5.41, 5.74) is 0.512. The summed E-state index contributed by atoms with van der Waals surface area (Å²) in [4.78, 5) is 36.2. The fourth-order valence-corrected chi connectivity index (χ4v) is 2.96. The van der Waals surface area contributed by atoms with Crippen LogP contribution in [-0.4, -0.2) is 23.3 Å². The van der Waals surface area contributed by atoms with Gasteiger partial charge in [0.2, 0.25) is 0 Å². The Morgan fingerprint density at radius 1 is 1.12 bits per heavy atom. The Hall–Kier alpha value is -4.40. The Morgan fingerprint density at radius 3 is 2.59 bits per heavy atom. The van der Waals surface area contributed by atoms with E-state index in [1.54, 1.807) is 42.5 Å². The molecule has 0 fully saturated rings. The Morgan fingerprint density at radius 2 is 1.91 bits per heavy atom. The largest absolute Gasteiger partial charge is 0.494 e. The van der Waals surface area contributed by atoms with Crippen molar-refractivity contribution in [3.8, 4) is 5.75 Å². The number of furan rings is 1. The number of nitrogens with zero attached hydrogens (tertiary/aromatic N) is 1. The molecule has 0 radical (unpaired) electrons. The van der Waals surface area contributed by atoms with E-state index >= 15 is 0 Å². The number of unbranched alkanes of at least 4 members (excludes halogenated alkanes) is 1. The van der Waals surface area contributed by atoms with Gasteiger partial charge in [0.25, 0.3) is 17.5 Å². The van der Waals surface area contributed by atoms with Gasteiger partial charge >= 0.3 is 0 Å². The molecular formula is C25H25N3O6. The van der Waals surface area contributed by atoms with Crippen LogP contribution in [0.5, 0.6) is 5.75 Å². The molecule has 1 heterocycles. The van der Waals surface area contributed by atoms with Crippen LogP contribution in [0.15, 0.2) is 77.0 Å². The standard InChI is InChI=1S/C25H25N3O6/c1-2-3-13-33-21-11-9-19(10-12-21)24(29)27-23(25(30)26-17-22-8-5-14-34-22)16-18-6-4-7-20(15-18)28(31)32/h4-12,14-16H,2-3,13,17H2,1H3,(H,26,30)(H,27,29)/b23-16+. The van der Waals surface area contributed by atoms with Crippen molar-refractivity contribution in [2.45, 2.75) is 26.3 Å². The van der Waals surface area contributed by atoms with Crippen LogP contribution in [0.3, 0.4) is 0 Å². The summed E-state index contributed by atoms with van der Waals surface area (Å²) in [7, 11) is 0. The van der Waals surface area contributed by atoms with E-state index in [0.29, 0.717) is 29.2 Å². The average Bonchev–Trinajstić information content (AvgIpc) is 3.36. The molecule has 2 aromatic carbocycles. The zero-order valence-corrected chi connectivity index (χ0v) is 18.7. The molecule has 0 aliphatic heterocycles. The number of carbonyl (C=O) groups is 2. The van der Waals surface area contributed by atoms with Gasteiger partial charge < -0.3 is 19.8 Å². The zero-order valence-electron chi connectivity index (χ0n) is 18.7. The van der Waals surface area contributed by atoms with Crippen LogP contribution in [0.1, 0.15) is 41.4 Å². The number of hydrogen-bond donors (Lipinski definition) is 2. The van der Waals surface area contributed by atoms with Gasteiger partial charge in [-0.2, -0.15) is 0 Å². The molecule has 34 heavy (non-hydrogen) atoms. The van der Waals surface area contributed by atoms with Crippen LogP contribution in [-0.2, 0) is 11.3 Å². The molecular weight excluding hydrogens is 438 g/mol. The molecule has 0 saturated carbocycles. The van der Waals surface area contributed by atoms with E-state index in [0.717, 1.165) is 12.8 Å². The average molecular weight is 463 g/mol. The topological polar surface area (TPSA) is 124 Å². The van der Waals surface area contributed by atoms with Crippen molar-refractivity contribution in [2.24, 2.45) is 0 Å². The van der Waals surface area contributed by atoms with Gasteiger partial charge in [-0.25, -0.2) is 0 Å². The predicted octanol–water partition coefficient (Wildman–Crippen LogP) is 4.45. The highest BCUT2D eigenvalue weighted by atomic mass is 16.6.